The Balaban J connectivity index is 0.00000189. The maximum absolute atomic E-state index is 12.3. The number of aromatic nitrogens is 2. The van der Waals surface area contributed by atoms with Crippen LogP contribution in [-0.4, -0.2) is 68.0 Å². The number of nitrogens with one attached hydrogen (secondary N) is 2. The number of aliphatic hydroxyl groups excluding tert-OH is 1. The Morgan fingerprint density at radius 1 is 1.07 bits per heavy atom. The van der Waals surface area contributed by atoms with Gasteiger partial charge in [-0.25, -0.2) is 4.79 Å². The quantitative estimate of drug-likeness (QED) is 0.195. The van der Waals surface area contributed by atoms with Gasteiger partial charge in [-0.3, -0.25) is 10.3 Å². The van der Waals surface area contributed by atoms with Gasteiger partial charge in [0.25, 0.3) is 0 Å². The number of aliphatic hydroxyl groups is 1. The van der Waals surface area contributed by atoms with E-state index in [4.69, 9.17) is 44.9 Å². The minimum Gasteiger partial charge on any atom is -0.493 e. The van der Waals surface area contributed by atoms with Gasteiger partial charge in [0.2, 0.25) is 0 Å². The summed E-state index contributed by atoms with van der Waals surface area (Å²) < 4.78 is 33.3. The molecule has 3 heterocycles. The maximum Gasteiger partial charge on any atom is 0.324 e. The molecule has 4 aromatic rings. The van der Waals surface area contributed by atoms with Crippen molar-refractivity contribution in [2.75, 3.05) is 51.3 Å². The molecule has 12 nitrogen and oxygen atoms in total. The summed E-state index contributed by atoms with van der Waals surface area (Å²) in [6.45, 7) is 4.11. The van der Waals surface area contributed by atoms with Gasteiger partial charge < -0.3 is 38.6 Å². The number of urea groups is 1. The van der Waals surface area contributed by atoms with Crippen molar-refractivity contribution in [1.29, 1.82) is 0 Å². The van der Waals surface area contributed by atoms with E-state index in [0.29, 0.717) is 77.2 Å². The minimum absolute atomic E-state index is 0.194. The van der Waals surface area contributed by atoms with Crippen LogP contribution in [0.2, 0.25) is 5.02 Å². The van der Waals surface area contributed by atoms with E-state index in [-0.39, 0.29) is 6.10 Å². The third kappa shape index (κ3) is 7.98. The molecule has 1 saturated heterocycles. The number of amides is 2. The highest BCUT2D eigenvalue weighted by atomic mass is 35.5. The number of nitrogens with zero attached hydrogens (tertiary/aromatic N) is 2. The summed E-state index contributed by atoms with van der Waals surface area (Å²) in [6, 6.07) is 11.4. The normalized spacial score (nSPS) is 12.6. The first-order chi connectivity index (χ1) is 20.0. The number of rotatable bonds is 11. The van der Waals surface area contributed by atoms with E-state index in [1.54, 1.807) is 50.6 Å². The molecule has 2 amide bonds. The van der Waals surface area contributed by atoms with E-state index >= 15 is 0 Å². The van der Waals surface area contributed by atoms with Crippen molar-refractivity contribution in [3.63, 3.8) is 0 Å². The molecule has 2 aromatic carbocycles. The zero-order chi connectivity index (χ0) is 29.2. The zero-order valence-corrected chi connectivity index (χ0v) is 23.6. The Bertz CT molecular complexity index is 1460. The number of carbonyl (C=O) groups excluding carboxylic acids is 1. The van der Waals surface area contributed by atoms with Gasteiger partial charge in [-0.15, -0.1) is 0 Å². The van der Waals surface area contributed by atoms with Crippen LogP contribution in [0.3, 0.4) is 0 Å². The van der Waals surface area contributed by atoms with Crippen molar-refractivity contribution >= 4 is 40.0 Å². The molecule has 1 aliphatic rings. The van der Waals surface area contributed by atoms with Crippen molar-refractivity contribution in [2.45, 2.75) is 19.4 Å². The van der Waals surface area contributed by atoms with Gasteiger partial charge in [-0.2, -0.15) is 0 Å². The molecule has 1 fully saturated rings. The Hall–Kier alpha value is -4.10. The van der Waals surface area contributed by atoms with Crippen LogP contribution in [0, 0.1) is 6.92 Å². The van der Waals surface area contributed by atoms with Gasteiger partial charge in [0.15, 0.2) is 17.3 Å². The molecule has 0 aliphatic carbocycles. The lowest BCUT2D eigenvalue weighted by Crippen LogP contribution is -2.36. The minimum atomic E-state index is -0.510. The predicted octanol–water partition coefficient (Wildman–Crippen LogP) is 5.42. The van der Waals surface area contributed by atoms with Crippen LogP contribution in [0.25, 0.3) is 10.9 Å². The molecule has 218 valence electrons. The number of pyridine rings is 1. The van der Waals surface area contributed by atoms with Crippen LogP contribution >= 0.6 is 11.6 Å². The van der Waals surface area contributed by atoms with E-state index < -0.39 is 6.03 Å². The highest BCUT2D eigenvalue weighted by molar-refractivity contribution is 6.34. The topological polar surface area (TPSA) is 146 Å². The smallest absolute Gasteiger partial charge is 0.324 e. The fourth-order valence-electron chi connectivity index (χ4n) is 3.77. The molecule has 0 atom stereocenters. The number of methoxy groups -OCH3 is 1. The summed E-state index contributed by atoms with van der Waals surface area (Å²) in [5, 5.41) is 17.0. The number of ether oxygens (including phenoxy) is 5. The molecule has 0 saturated carbocycles. The standard InChI is InChI=1S/C27H27ClN4O7.CH4O/c1-16-10-26(32-39-16)31-27(33)30-21-5-4-17(11-20(21)28)38-23-6-7-29-22-13-25(24(34-2)12-19(22)23)37-9-3-8-36-18-14-35-15-18;1-2/h4-7,10-13,18H,3,8-9,14-15H2,1-2H3,(H2,30,31,32,33);2H,1H3. The molecule has 13 heteroatoms. The van der Waals surface area contributed by atoms with Gasteiger partial charge in [0.05, 0.1) is 49.8 Å². The molecule has 1 aliphatic heterocycles. The Morgan fingerprint density at radius 2 is 1.90 bits per heavy atom. The predicted molar refractivity (Wildman–Crippen MR) is 153 cm³/mol. The van der Waals surface area contributed by atoms with Crippen molar-refractivity contribution in [3.05, 3.63) is 59.4 Å². The fraction of sp³-hybridized carbons (Fsp3) is 0.321. The molecule has 0 bridgehead atoms. The molecule has 0 radical (unpaired) electrons. The van der Waals surface area contributed by atoms with Crippen LogP contribution in [0.1, 0.15) is 12.2 Å². The highest BCUT2D eigenvalue weighted by Crippen LogP contribution is 2.38. The molecule has 2 aromatic heterocycles. The molecule has 0 spiro atoms. The van der Waals surface area contributed by atoms with Crippen molar-refractivity contribution < 1.29 is 38.1 Å². The molecule has 41 heavy (non-hydrogen) atoms. The Kier molecular flexibility index (Phi) is 10.6. The lowest BCUT2D eigenvalue weighted by atomic mass is 10.1. The second-order valence-electron chi connectivity index (χ2n) is 8.71. The molecule has 0 unspecified atom stereocenters. The first-order valence-corrected chi connectivity index (χ1v) is 13.1. The van der Waals surface area contributed by atoms with E-state index in [1.807, 2.05) is 12.1 Å². The number of fused-ring (bicyclic) bond motifs is 1. The lowest BCUT2D eigenvalue weighted by molar-refractivity contribution is -0.130. The fourth-order valence-corrected chi connectivity index (χ4v) is 3.99. The average Bonchev–Trinajstić information content (AvgIpc) is 3.36. The van der Waals surface area contributed by atoms with Crippen molar-refractivity contribution in [2.24, 2.45) is 0 Å². The maximum atomic E-state index is 12.3. The number of halogens is 1. The third-order valence-electron chi connectivity index (χ3n) is 5.78. The van der Waals surface area contributed by atoms with E-state index in [1.165, 1.54) is 0 Å². The summed E-state index contributed by atoms with van der Waals surface area (Å²) in [6.07, 6.45) is 2.58. The lowest BCUT2D eigenvalue weighted by Gasteiger charge is -2.25. The zero-order valence-electron chi connectivity index (χ0n) is 22.8. The van der Waals surface area contributed by atoms with Crippen LogP contribution in [0.4, 0.5) is 16.3 Å². The number of hydrogen-bond acceptors (Lipinski definition) is 10. The first kappa shape index (κ1) is 29.9. The van der Waals surface area contributed by atoms with Gasteiger partial charge in [0, 0.05) is 43.3 Å². The average molecular weight is 587 g/mol. The largest absolute Gasteiger partial charge is 0.493 e. The highest BCUT2D eigenvalue weighted by Gasteiger charge is 2.18. The number of anilines is 2. The third-order valence-corrected chi connectivity index (χ3v) is 6.09. The number of aryl methyl sites for hydroxylation is 1. The van der Waals surface area contributed by atoms with E-state index in [2.05, 4.69) is 20.8 Å². The number of benzene rings is 2. The van der Waals surface area contributed by atoms with E-state index in [9.17, 15) is 4.79 Å². The van der Waals surface area contributed by atoms with Crippen LogP contribution in [-0.2, 0) is 9.47 Å². The molecule has 3 N–H and O–H groups in total. The monoisotopic (exact) mass is 586 g/mol. The van der Waals surface area contributed by atoms with Crippen LogP contribution in [0.15, 0.2) is 53.2 Å². The number of carbonyl (C=O) groups is 1. The van der Waals surface area contributed by atoms with Crippen LogP contribution < -0.4 is 24.8 Å². The second-order valence-corrected chi connectivity index (χ2v) is 9.11. The summed E-state index contributed by atoms with van der Waals surface area (Å²) in [4.78, 5) is 16.7. The Labute approximate surface area is 241 Å². The molecular formula is C28H31ClN4O8. The first-order valence-electron chi connectivity index (χ1n) is 12.7. The molecular weight excluding hydrogens is 556 g/mol. The van der Waals surface area contributed by atoms with Gasteiger partial charge in [-0.05, 0) is 31.2 Å². The summed E-state index contributed by atoms with van der Waals surface area (Å²) in [5.74, 6) is 3.04. The summed E-state index contributed by atoms with van der Waals surface area (Å²) >= 11 is 6.41. The van der Waals surface area contributed by atoms with Gasteiger partial charge >= 0.3 is 6.03 Å². The van der Waals surface area contributed by atoms with Crippen LogP contribution in [0.5, 0.6) is 23.0 Å². The van der Waals surface area contributed by atoms with Gasteiger partial charge in [-0.1, -0.05) is 16.8 Å². The van der Waals surface area contributed by atoms with Crippen molar-refractivity contribution in [1.82, 2.24) is 10.1 Å². The summed E-state index contributed by atoms with van der Waals surface area (Å²) in [5.41, 5.74) is 1.08. The van der Waals surface area contributed by atoms with E-state index in [0.717, 1.165) is 18.9 Å². The van der Waals surface area contributed by atoms with Gasteiger partial charge in [0.1, 0.15) is 23.4 Å². The Morgan fingerprint density at radius 3 is 2.59 bits per heavy atom. The molecule has 5 rings (SSSR count). The summed E-state index contributed by atoms with van der Waals surface area (Å²) in [7, 11) is 2.58. The second kappa shape index (κ2) is 14.5. The SMILES string of the molecule is CO.COc1cc2c(Oc3ccc(NC(=O)Nc4cc(C)on4)c(Cl)c3)ccnc2cc1OCCCOC1COC1. The number of hydrogen-bond donors (Lipinski definition) is 3. The van der Waals surface area contributed by atoms with Crippen molar-refractivity contribution in [3.8, 4) is 23.0 Å².